The maximum atomic E-state index is 12.3. The van der Waals surface area contributed by atoms with Crippen LogP contribution >= 0.6 is 0 Å². The smallest absolute Gasteiger partial charge is 0.253 e. The summed E-state index contributed by atoms with van der Waals surface area (Å²) < 4.78 is 0. The van der Waals surface area contributed by atoms with Gasteiger partial charge in [0.1, 0.15) is 0 Å². The molecule has 1 atom stereocenters. The molecule has 0 radical (unpaired) electrons. The molecule has 1 unspecified atom stereocenters. The zero-order chi connectivity index (χ0) is 13.1. The van der Waals surface area contributed by atoms with Crippen molar-refractivity contribution in [2.24, 2.45) is 5.92 Å². The van der Waals surface area contributed by atoms with E-state index >= 15 is 0 Å². The molecule has 0 aromatic heterocycles. The molecule has 1 aliphatic rings. The van der Waals surface area contributed by atoms with Crippen LogP contribution in [0.1, 0.15) is 34.3 Å². The normalized spacial score (nSPS) is 19.3. The topological polar surface area (TPSA) is 40.5 Å². The van der Waals surface area contributed by atoms with Crippen LogP contribution in [0.15, 0.2) is 18.2 Å². The second kappa shape index (κ2) is 5.53. The summed E-state index contributed by atoms with van der Waals surface area (Å²) in [4.78, 5) is 14.2. The van der Waals surface area contributed by atoms with Crippen LogP contribution in [0.4, 0.5) is 0 Å². The summed E-state index contributed by atoms with van der Waals surface area (Å²) in [5.74, 6) is 0.587. The molecule has 1 heterocycles. The van der Waals surface area contributed by atoms with Crippen molar-refractivity contribution in [1.82, 2.24) is 4.90 Å². The molecule has 2 rings (SSSR count). The van der Waals surface area contributed by atoms with Gasteiger partial charge in [-0.05, 0) is 55.9 Å². The Morgan fingerprint density at radius 2 is 2.17 bits per heavy atom. The number of hydrogen-bond acceptors (Lipinski definition) is 2. The molecule has 98 valence electrons. The third-order valence-corrected chi connectivity index (χ3v) is 3.86. The van der Waals surface area contributed by atoms with Gasteiger partial charge in [-0.3, -0.25) is 4.79 Å². The second-order valence-corrected chi connectivity index (χ2v) is 5.22. The predicted octanol–water partition coefficient (Wildman–Crippen LogP) is 2.15. The molecular weight excluding hydrogens is 226 g/mol. The van der Waals surface area contributed by atoms with E-state index < -0.39 is 0 Å². The van der Waals surface area contributed by atoms with Gasteiger partial charge in [0.05, 0.1) is 0 Å². The van der Waals surface area contributed by atoms with E-state index in [4.69, 9.17) is 5.11 Å². The number of carbonyl (C=O) groups is 1. The first kappa shape index (κ1) is 13.1. The van der Waals surface area contributed by atoms with E-state index in [1.807, 2.05) is 30.0 Å². The van der Waals surface area contributed by atoms with Crippen LogP contribution in [-0.4, -0.2) is 35.6 Å². The van der Waals surface area contributed by atoms with Gasteiger partial charge in [0.15, 0.2) is 0 Å². The molecular formula is C15H21NO2. The number of hydrogen-bond donors (Lipinski definition) is 1. The Kier molecular flexibility index (Phi) is 4.02. The highest BCUT2D eigenvalue weighted by Gasteiger charge is 2.26. The third-order valence-electron chi connectivity index (χ3n) is 3.86. The van der Waals surface area contributed by atoms with E-state index in [0.29, 0.717) is 5.92 Å². The number of nitrogens with zero attached hydrogens (tertiary/aromatic N) is 1. The van der Waals surface area contributed by atoms with E-state index in [9.17, 15) is 4.79 Å². The highest BCUT2D eigenvalue weighted by Crippen LogP contribution is 2.21. The molecule has 0 aliphatic carbocycles. The molecule has 0 bridgehead atoms. The number of aliphatic hydroxyl groups excluding tert-OH is 1. The number of rotatable bonds is 3. The Labute approximate surface area is 108 Å². The Balaban J connectivity index is 2.05. The Morgan fingerprint density at radius 3 is 2.83 bits per heavy atom. The minimum Gasteiger partial charge on any atom is -0.396 e. The lowest BCUT2D eigenvalue weighted by Crippen LogP contribution is -2.28. The summed E-state index contributed by atoms with van der Waals surface area (Å²) in [5, 5.41) is 8.93. The van der Waals surface area contributed by atoms with Crippen molar-refractivity contribution in [1.29, 1.82) is 0 Å². The summed E-state index contributed by atoms with van der Waals surface area (Å²) in [7, 11) is 0. The average molecular weight is 247 g/mol. The van der Waals surface area contributed by atoms with Gasteiger partial charge in [0, 0.05) is 25.3 Å². The van der Waals surface area contributed by atoms with Gasteiger partial charge in [-0.2, -0.15) is 0 Å². The minimum atomic E-state index is 0.124. The summed E-state index contributed by atoms with van der Waals surface area (Å²) in [6, 6.07) is 5.88. The first-order valence-electron chi connectivity index (χ1n) is 6.59. The van der Waals surface area contributed by atoms with Crippen molar-refractivity contribution in [3.05, 3.63) is 34.9 Å². The van der Waals surface area contributed by atoms with E-state index in [1.165, 1.54) is 5.56 Å². The van der Waals surface area contributed by atoms with E-state index in [0.717, 1.165) is 37.1 Å². The zero-order valence-corrected chi connectivity index (χ0v) is 11.1. The van der Waals surface area contributed by atoms with Gasteiger partial charge in [0.2, 0.25) is 0 Å². The molecule has 1 fully saturated rings. The Morgan fingerprint density at radius 1 is 1.39 bits per heavy atom. The van der Waals surface area contributed by atoms with Crippen molar-refractivity contribution in [3.63, 3.8) is 0 Å². The number of carbonyl (C=O) groups excluding carboxylic acids is 1. The maximum Gasteiger partial charge on any atom is 0.253 e. The second-order valence-electron chi connectivity index (χ2n) is 5.22. The van der Waals surface area contributed by atoms with Crippen LogP contribution < -0.4 is 0 Å². The minimum absolute atomic E-state index is 0.124. The standard InChI is InChI=1S/C15H21NO2/c1-11-3-4-14(9-12(11)2)15(18)16-7-5-13(10-16)6-8-17/h3-4,9,13,17H,5-8,10H2,1-2H3. The molecule has 0 spiro atoms. The first-order chi connectivity index (χ1) is 8.61. The summed E-state index contributed by atoms with van der Waals surface area (Å²) in [6.07, 6.45) is 1.81. The van der Waals surface area contributed by atoms with Crippen LogP contribution in [0.3, 0.4) is 0 Å². The fraction of sp³-hybridized carbons (Fsp3) is 0.533. The summed E-state index contributed by atoms with van der Waals surface area (Å²) in [5.41, 5.74) is 3.15. The molecule has 1 amide bonds. The monoisotopic (exact) mass is 247 g/mol. The lowest BCUT2D eigenvalue weighted by Gasteiger charge is -2.17. The van der Waals surface area contributed by atoms with Gasteiger partial charge in [0.25, 0.3) is 5.91 Å². The van der Waals surface area contributed by atoms with Crippen LogP contribution in [0.5, 0.6) is 0 Å². The molecule has 0 saturated carbocycles. The Hall–Kier alpha value is -1.35. The number of benzene rings is 1. The molecule has 1 aliphatic heterocycles. The van der Waals surface area contributed by atoms with Crippen molar-refractivity contribution >= 4 is 5.91 Å². The fourth-order valence-corrected chi connectivity index (χ4v) is 2.49. The highest BCUT2D eigenvalue weighted by molar-refractivity contribution is 5.94. The Bertz CT molecular complexity index is 442. The molecule has 1 aromatic carbocycles. The van der Waals surface area contributed by atoms with Gasteiger partial charge in [-0.15, -0.1) is 0 Å². The summed E-state index contributed by atoms with van der Waals surface area (Å²) >= 11 is 0. The van der Waals surface area contributed by atoms with Gasteiger partial charge in [-0.1, -0.05) is 6.07 Å². The van der Waals surface area contributed by atoms with Crippen LogP contribution in [0.2, 0.25) is 0 Å². The van der Waals surface area contributed by atoms with Crippen LogP contribution in [-0.2, 0) is 0 Å². The SMILES string of the molecule is Cc1ccc(C(=O)N2CCC(CCO)C2)cc1C. The highest BCUT2D eigenvalue weighted by atomic mass is 16.3. The molecule has 1 N–H and O–H groups in total. The van der Waals surface area contributed by atoms with Crippen LogP contribution in [0.25, 0.3) is 0 Å². The molecule has 3 heteroatoms. The van der Waals surface area contributed by atoms with Gasteiger partial charge >= 0.3 is 0 Å². The van der Waals surface area contributed by atoms with E-state index in [1.54, 1.807) is 0 Å². The van der Waals surface area contributed by atoms with Gasteiger partial charge in [-0.25, -0.2) is 0 Å². The number of aryl methyl sites for hydroxylation is 2. The lowest BCUT2D eigenvalue weighted by molar-refractivity contribution is 0.0784. The van der Waals surface area contributed by atoms with Crippen molar-refractivity contribution in [3.8, 4) is 0 Å². The number of aliphatic hydroxyl groups is 1. The molecule has 1 aromatic rings. The molecule has 18 heavy (non-hydrogen) atoms. The zero-order valence-electron chi connectivity index (χ0n) is 11.1. The van der Waals surface area contributed by atoms with Crippen molar-refractivity contribution < 1.29 is 9.90 Å². The third kappa shape index (κ3) is 2.72. The first-order valence-corrected chi connectivity index (χ1v) is 6.59. The lowest BCUT2D eigenvalue weighted by atomic mass is 10.1. The van der Waals surface area contributed by atoms with Crippen molar-refractivity contribution in [2.45, 2.75) is 26.7 Å². The summed E-state index contributed by atoms with van der Waals surface area (Å²) in [6.45, 7) is 5.90. The molecule has 3 nitrogen and oxygen atoms in total. The number of likely N-dealkylation sites (tertiary alicyclic amines) is 1. The van der Waals surface area contributed by atoms with E-state index in [2.05, 4.69) is 6.92 Å². The number of amides is 1. The predicted molar refractivity (Wildman–Crippen MR) is 71.6 cm³/mol. The molecule has 1 saturated heterocycles. The maximum absolute atomic E-state index is 12.3. The largest absolute Gasteiger partial charge is 0.396 e. The van der Waals surface area contributed by atoms with Gasteiger partial charge < -0.3 is 10.0 Å². The average Bonchev–Trinajstić information content (AvgIpc) is 2.81. The quantitative estimate of drug-likeness (QED) is 0.889. The van der Waals surface area contributed by atoms with Crippen molar-refractivity contribution in [2.75, 3.05) is 19.7 Å². The van der Waals surface area contributed by atoms with Crippen LogP contribution in [0, 0.1) is 19.8 Å². The van der Waals surface area contributed by atoms with E-state index in [-0.39, 0.29) is 12.5 Å². The fourth-order valence-electron chi connectivity index (χ4n) is 2.49.